The lowest BCUT2D eigenvalue weighted by Crippen LogP contribution is -2.24. The van der Waals surface area contributed by atoms with Gasteiger partial charge in [0.2, 0.25) is 0 Å². The van der Waals surface area contributed by atoms with E-state index in [4.69, 9.17) is 0 Å². The topological polar surface area (TPSA) is 12.0 Å². The van der Waals surface area contributed by atoms with Gasteiger partial charge in [-0.15, -0.1) is 0 Å². The van der Waals surface area contributed by atoms with Gasteiger partial charge >= 0.3 is 0 Å². The van der Waals surface area contributed by atoms with E-state index in [1.807, 2.05) is 31.2 Å². The van der Waals surface area contributed by atoms with Crippen LogP contribution in [0, 0.1) is 22.1 Å². The summed E-state index contributed by atoms with van der Waals surface area (Å²) in [6, 6.07) is 10.1. The molecule has 0 aromatic heterocycles. The molecule has 0 spiro atoms. The lowest BCUT2D eigenvalue weighted by Gasteiger charge is -2.21. The van der Waals surface area contributed by atoms with Crippen molar-refractivity contribution in [1.29, 1.82) is 0 Å². The summed E-state index contributed by atoms with van der Waals surface area (Å²) in [6.07, 6.45) is 0.927. The second-order valence-electron chi connectivity index (χ2n) is 5.07. The Morgan fingerprint density at radius 3 is 2.57 bits per heavy atom. The van der Waals surface area contributed by atoms with Crippen LogP contribution in [-0.4, -0.2) is 6.54 Å². The van der Waals surface area contributed by atoms with Crippen LogP contribution in [0.4, 0.5) is 8.78 Å². The van der Waals surface area contributed by atoms with E-state index in [9.17, 15) is 8.78 Å². The van der Waals surface area contributed by atoms with Crippen molar-refractivity contribution in [1.82, 2.24) is 5.32 Å². The average Bonchev–Trinajstić information content (AvgIpc) is 2.44. The molecular formula is C17H18F2IN. The molecule has 2 rings (SSSR count). The van der Waals surface area contributed by atoms with Crippen molar-refractivity contribution in [2.75, 3.05) is 6.54 Å². The van der Waals surface area contributed by atoms with Gasteiger partial charge in [0.25, 0.3) is 0 Å². The lowest BCUT2D eigenvalue weighted by atomic mass is 9.97. The van der Waals surface area contributed by atoms with E-state index >= 15 is 0 Å². The Morgan fingerprint density at radius 2 is 1.90 bits per heavy atom. The van der Waals surface area contributed by atoms with Crippen molar-refractivity contribution in [2.45, 2.75) is 26.3 Å². The van der Waals surface area contributed by atoms with Crippen LogP contribution in [0.1, 0.15) is 36.1 Å². The molecule has 0 aliphatic carbocycles. The first-order chi connectivity index (χ1) is 10.0. The molecule has 0 aliphatic rings. The second kappa shape index (κ2) is 7.31. The molecule has 1 atom stereocenters. The van der Waals surface area contributed by atoms with E-state index < -0.39 is 0 Å². The van der Waals surface area contributed by atoms with Gasteiger partial charge in [0.1, 0.15) is 11.6 Å². The van der Waals surface area contributed by atoms with Crippen molar-refractivity contribution >= 4 is 22.6 Å². The summed E-state index contributed by atoms with van der Waals surface area (Å²) < 4.78 is 29.2. The fraction of sp³-hybridized carbons (Fsp3) is 0.294. The van der Waals surface area contributed by atoms with Crippen molar-refractivity contribution < 1.29 is 8.78 Å². The number of rotatable bonds is 5. The zero-order chi connectivity index (χ0) is 15.4. The monoisotopic (exact) mass is 401 g/mol. The molecule has 2 aromatic rings. The number of nitrogens with one attached hydrogen (secondary N) is 1. The number of halogens is 3. The third kappa shape index (κ3) is 4.01. The number of hydrogen-bond donors (Lipinski definition) is 1. The Morgan fingerprint density at radius 1 is 1.14 bits per heavy atom. The molecule has 1 unspecified atom stereocenters. The van der Waals surface area contributed by atoms with Crippen LogP contribution in [0.25, 0.3) is 0 Å². The Kier molecular flexibility index (Phi) is 5.70. The minimum atomic E-state index is -0.375. The fourth-order valence-corrected chi connectivity index (χ4v) is 2.83. The first kappa shape index (κ1) is 16.4. The highest BCUT2D eigenvalue weighted by atomic mass is 127. The molecule has 0 saturated carbocycles. The van der Waals surface area contributed by atoms with Gasteiger partial charge in [-0.05, 0) is 77.9 Å². The van der Waals surface area contributed by atoms with Crippen molar-refractivity contribution in [3.63, 3.8) is 0 Å². The SMILES string of the molecule is CCCNC(c1cccc(I)c1)c1cc(F)c(C)cc1F. The molecule has 0 fully saturated rings. The molecule has 1 N–H and O–H groups in total. The van der Waals surface area contributed by atoms with Crippen LogP contribution in [0.3, 0.4) is 0 Å². The first-order valence-electron chi connectivity index (χ1n) is 6.97. The molecule has 112 valence electrons. The average molecular weight is 401 g/mol. The maximum atomic E-state index is 14.3. The highest BCUT2D eigenvalue weighted by Crippen LogP contribution is 2.27. The highest BCUT2D eigenvalue weighted by Gasteiger charge is 2.19. The van der Waals surface area contributed by atoms with Gasteiger partial charge in [-0.25, -0.2) is 8.78 Å². The van der Waals surface area contributed by atoms with Crippen LogP contribution >= 0.6 is 22.6 Å². The zero-order valence-electron chi connectivity index (χ0n) is 12.1. The van der Waals surface area contributed by atoms with Gasteiger partial charge in [0.15, 0.2) is 0 Å². The predicted molar refractivity (Wildman–Crippen MR) is 90.4 cm³/mol. The molecule has 0 saturated heterocycles. The molecule has 0 radical (unpaired) electrons. The maximum Gasteiger partial charge on any atom is 0.128 e. The summed E-state index contributed by atoms with van der Waals surface area (Å²) in [5.41, 5.74) is 1.62. The zero-order valence-corrected chi connectivity index (χ0v) is 14.2. The Balaban J connectivity index is 2.47. The summed E-state index contributed by atoms with van der Waals surface area (Å²) in [6.45, 7) is 4.36. The molecule has 0 amide bonds. The molecule has 0 aliphatic heterocycles. The van der Waals surface area contributed by atoms with Gasteiger partial charge < -0.3 is 5.32 Å². The summed E-state index contributed by atoms with van der Waals surface area (Å²) in [5, 5.41) is 3.31. The first-order valence-corrected chi connectivity index (χ1v) is 8.05. The van der Waals surface area contributed by atoms with Gasteiger partial charge in [0, 0.05) is 9.13 Å². The molecule has 1 nitrogen and oxygen atoms in total. The Bertz CT molecular complexity index is 628. The van der Waals surface area contributed by atoms with Crippen LogP contribution in [0.5, 0.6) is 0 Å². The second-order valence-corrected chi connectivity index (χ2v) is 6.31. The van der Waals surface area contributed by atoms with Crippen molar-refractivity contribution in [2.24, 2.45) is 0 Å². The van der Waals surface area contributed by atoms with E-state index in [1.54, 1.807) is 6.92 Å². The normalized spacial score (nSPS) is 12.4. The smallest absolute Gasteiger partial charge is 0.128 e. The Hall–Kier alpha value is -1.01. The summed E-state index contributed by atoms with van der Waals surface area (Å²) in [7, 11) is 0. The van der Waals surface area contributed by atoms with E-state index in [1.165, 1.54) is 12.1 Å². The molecule has 0 bridgehead atoms. The Labute approximate surface area is 137 Å². The standard InChI is InChI=1S/C17H18F2IN/c1-3-7-21-17(12-5-4-6-13(20)9-12)14-10-15(18)11(2)8-16(14)19/h4-6,8-10,17,21H,3,7H2,1-2H3. The maximum absolute atomic E-state index is 14.3. The molecule has 4 heteroatoms. The summed E-state index contributed by atoms with van der Waals surface area (Å²) in [4.78, 5) is 0. The lowest BCUT2D eigenvalue weighted by molar-refractivity contribution is 0.532. The summed E-state index contributed by atoms with van der Waals surface area (Å²) in [5.74, 6) is -0.748. The van der Waals surface area contributed by atoms with E-state index in [0.29, 0.717) is 11.1 Å². The van der Waals surface area contributed by atoms with Crippen LogP contribution in [-0.2, 0) is 0 Å². The van der Waals surface area contributed by atoms with Crippen molar-refractivity contribution in [3.8, 4) is 0 Å². The fourth-order valence-electron chi connectivity index (χ4n) is 2.27. The molecular weight excluding hydrogens is 383 g/mol. The van der Waals surface area contributed by atoms with E-state index in [-0.39, 0.29) is 17.7 Å². The largest absolute Gasteiger partial charge is 0.306 e. The minimum absolute atomic E-state index is 0.327. The van der Waals surface area contributed by atoms with Crippen LogP contribution in [0.2, 0.25) is 0 Å². The van der Waals surface area contributed by atoms with Crippen LogP contribution in [0.15, 0.2) is 36.4 Å². The molecule has 2 aromatic carbocycles. The number of aryl methyl sites for hydroxylation is 1. The number of benzene rings is 2. The third-order valence-corrected chi connectivity index (χ3v) is 4.04. The third-order valence-electron chi connectivity index (χ3n) is 3.37. The predicted octanol–water partition coefficient (Wildman–Crippen LogP) is 4.97. The summed E-state index contributed by atoms with van der Waals surface area (Å²) >= 11 is 2.22. The quantitative estimate of drug-likeness (QED) is 0.698. The van der Waals surface area contributed by atoms with Gasteiger partial charge in [-0.3, -0.25) is 0 Å². The molecule has 21 heavy (non-hydrogen) atoms. The van der Waals surface area contributed by atoms with Crippen molar-refractivity contribution in [3.05, 3.63) is 68.3 Å². The van der Waals surface area contributed by atoms with Crippen LogP contribution < -0.4 is 5.32 Å². The van der Waals surface area contributed by atoms with Gasteiger partial charge in [-0.2, -0.15) is 0 Å². The van der Waals surface area contributed by atoms with E-state index in [0.717, 1.165) is 22.1 Å². The van der Waals surface area contributed by atoms with Gasteiger partial charge in [-0.1, -0.05) is 19.1 Å². The number of hydrogen-bond acceptors (Lipinski definition) is 1. The van der Waals surface area contributed by atoms with E-state index in [2.05, 4.69) is 27.9 Å². The minimum Gasteiger partial charge on any atom is -0.306 e. The molecule has 0 heterocycles. The highest BCUT2D eigenvalue weighted by molar-refractivity contribution is 14.1. The van der Waals surface area contributed by atoms with Gasteiger partial charge in [0.05, 0.1) is 6.04 Å².